The van der Waals surface area contributed by atoms with Gasteiger partial charge in [-0.15, -0.1) is 47.2 Å². The fourth-order valence-corrected chi connectivity index (χ4v) is 2.50. The molecular weight excluding hydrogens is 488 g/mol. The first kappa shape index (κ1) is 19.2. The predicted octanol–water partition coefficient (Wildman–Crippen LogP) is 4.19. The normalized spacial score (nSPS) is 10.4. The topological polar surface area (TPSA) is 63.1 Å². The van der Waals surface area contributed by atoms with Crippen LogP contribution in [0.2, 0.25) is 0 Å². The first-order valence-electron chi connectivity index (χ1n) is 6.61. The van der Waals surface area contributed by atoms with Crippen LogP contribution in [0.15, 0.2) is 53.9 Å². The van der Waals surface area contributed by atoms with Gasteiger partial charge in [-0.2, -0.15) is 0 Å². The molecule has 2 heterocycles. The molecule has 0 aliphatic carbocycles. The van der Waals surface area contributed by atoms with Gasteiger partial charge in [-0.05, 0) is 19.9 Å². The molecule has 2 aromatic heterocycles. The Kier molecular flexibility index (Phi) is 7.75. The van der Waals surface area contributed by atoms with E-state index in [1.165, 1.54) is 19.9 Å². The number of hydrogen-bond acceptors (Lipinski definition) is 5. The van der Waals surface area contributed by atoms with Crippen LogP contribution in [0.3, 0.4) is 0 Å². The van der Waals surface area contributed by atoms with Crippen molar-refractivity contribution in [3.63, 3.8) is 0 Å². The van der Waals surface area contributed by atoms with Gasteiger partial charge in [0.15, 0.2) is 5.78 Å². The van der Waals surface area contributed by atoms with Crippen LogP contribution < -0.4 is 0 Å². The molecule has 1 radical (unpaired) electrons. The van der Waals surface area contributed by atoms with E-state index in [2.05, 4.69) is 16.0 Å². The van der Waals surface area contributed by atoms with Crippen molar-refractivity contribution in [2.75, 3.05) is 0 Å². The summed E-state index contributed by atoms with van der Waals surface area (Å²) in [5.74, 6) is -0.0625. The molecule has 23 heavy (non-hydrogen) atoms. The third-order valence-electron chi connectivity index (χ3n) is 2.63. The molecule has 0 atom stereocenters. The molecule has 0 saturated heterocycles. The average molecular weight is 504 g/mol. The van der Waals surface area contributed by atoms with Crippen molar-refractivity contribution < 1.29 is 30.0 Å². The molecule has 0 amide bonds. The maximum Gasteiger partial charge on any atom is 0.155 e. The number of fused-ring (bicyclic) bond motifs is 1. The maximum absolute atomic E-state index is 10.0. The minimum atomic E-state index is -0.125. The molecule has 0 fully saturated rings. The second-order valence-electron chi connectivity index (χ2n) is 4.53. The number of rotatable bonds is 2. The number of carbonyl (C=O) groups excluding carboxylic acids is 1. The fraction of sp³-hybridized carbons (Fsp3) is 0.118. The van der Waals surface area contributed by atoms with Crippen molar-refractivity contribution in [3.8, 4) is 11.3 Å². The molecular formula is C17H15IrN2O2S-. The summed E-state index contributed by atoms with van der Waals surface area (Å²) >= 11 is 1.63. The molecule has 3 rings (SSSR count). The second kappa shape index (κ2) is 9.30. The number of nitrogens with zero attached hydrogens (tertiary/aromatic N) is 2. The Morgan fingerprint density at radius 1 is 1.26 bits per heavy atom. The van der Waals surface area contributed by atoms with E-state index >= 15 is 0 Å². The van der Waals surface area contributed by atoms with Crippen molar-refractivity contribution in [2.24, 2.45) is 0 Å². The Morgan fingerprint density at radius 3 is 2.61 bits per heavy atom. The van der Waals surface area contributed by atoms with Crippen LogP contribution in [0.25, 0.3) is 21.5 Å². The third-order valence-corrected chi connectivity index (χ3v) is 3.42. The van der Waals surface area contributed by atoms with Gasteiger partial charge in [0.25, 0.3) is 0 Å². The number of pyridine rings is 1. The summed E-state index contributed by atoms with van der Waals surface area (Å²) in [5.41, 5.74) is 4.71. The molecule has 0 aliphatic heterocycles. The van der Waals surface area contributed by atoms with Crippen LogP contribution in [-0.2, 0) is 24.9 Å². The van der Waals surface area contributed by atoms with Crippen molar-refractivity contribution in [3.05, 3.63) is 59.9 Å². The summed E-state index contributed by atoms with van der Waals surface area (Å²) in [6.07, 6.45) is 2.98. The van der Waals surface area contributed by atoms with Crippen LogP contribution in [0.1, 0.15) is 13.8 Å². The van der Waals surface area contributed by atoms with E-state index in [1.54, 1.807) is 11.3 Å². The second-order valence-corrected chi connectivity index (χ2v) is 5.42. The quantitative estimate of drug-likeness (QED) is 0.324. The van der Waals surface area contributed by atoms with Crippen LogP contribution in [0.4, 0.5) is 0 Å². The minimum absolute atomic E-state index is 0. The zero-order valence-corrected chi connectivity index (χ0v) is 15.8. The average Bonchev–Trinajstić information content (AvgIpc) is 2.95. The van der Waals surface area contributed by atoms with Gasteiger partial charge in [0, 0.05) is 42.8 Å². The Bertz CT molecular complexity index is 796. The molecule has 0 spiro atoms. The number of aliphatic hydroxyl groups excluding tert-OH is 1. The van der Waals surface area contributed by atoms with Crippen LogP contribution in [-0.4, -0.2) is 20.9 Å². The summed E-state index contributed by atoms with van der Waals surface area (Å²) in [4.78, 5) is 18.7. The largest absolute Gasteiger partial charge is 0.512 e. The molecule has 4 nitrogen and oxygen atoms in total. The van der Waals surface area contributed by atoms with Crippen LogP contribution in [0.5, 0.6) is 0 Å². The summed E-state index contributed by atoms with van der Waals surface area (Å²) in [6, 6.07) is 13.0. The Hall–Kier alpha value is -1.88. The number of aromatic nitrogens is 2. The van der Waals surface area contributed by atoms with E-state index in [0.29, 0.717) is 0 Å². The number of thiazole rings is 1. The minimum Gasteiger partial charge on any atom is -0.512 e. The van der Waals surface area contributed by atoms with E-state index in [1.807, 2.05) is 42.0 Å². The van der Waals surface area contributed by atoms with Crippen LogP contribution >= 0.6 is 11.3 Å². The third kappa shape index (κ3) is 5.67. The van der Waals surface area contributed by atoms with Gasteiger partial charge in [-0.25, -0.2) is 0 Å². The Balaban J connectivity index is 0.000000287. The van der Waals surface area contributed by atoms with Gasteiger partial charge in [0.05, 0.1) is 16.8 Å². The van der Waals surface area contributed by atoms with Crippen molar-refractivity contribution in [1.82, 2.24) is 9.97 Å². The molecule has 1 N–H and O–H groups in total. The Labute approximate surface area is 152 Å². The van der Waals surface area contributed by atoms with Crippen molar-refractivity contribution >= 4 is 27.3 Å². The number of allylic oxidation sites excluding steroid dienone is 2. The van der Waals surface area contributed by atoms with Crippen molar-refractivity contribution in [2.45, 2.75) is 13.8 Å². The summed E-state index contributed by atoms with van der Waals surface area (Å²) < 4.78 is 1.16. The number of ketones is 1. The van der Waals surface area contributed by atoms with Crippen LogP contribution in [0, 0.1) is 6.07 Å². The molecule has 3 aromatic rings. The van der Waals surface area contributed by atoms with E-state index in [0.717, 1.165) is 21.5 Å². The zero-order valence-electron chi connectivity index (χ0n) is 12.6. The van der Waals surface area contributed by atoms with Gasteiger partial charge < -0.3 is 10.1 Å². The summed E-state index contributed by atoms with van der Waals surface area (Å²) in [5, 5.41) is 8.36. The standard InChI is InChI=1S/C12H7N2S.C5H8O2.Ir/c1-2-4-9(5-3-1)11-12-10(6-7-13-11)15-8-14-12;1-4(6)3-5(2)7;/h1-4,6-8H;3,6H,1-2H3;/q-1;;. The van der Waals surface area contributed by atoms with Gasteiger partial charge in [0.2, 0.25) is 0 Å². The molecule has 1 aromatic carbocycles. The monoisotopic (exact) mass is 504 g/mol. The number of hydrogen-bond donors (Lipinski definition) is 1. The van der Waals surface area contributed by atoms with Crippen molar-refractivity contribution in [1.29, 1.82) is 0 Å². The van der Waals surface area contributed by atoms with Gasteiger partial charge in [-0.1, -0.05) is 0 Å². The molecule has 0 saturated carbocycles. The number of carbonyl (C=O) groups is 1. The molecule has 121 valence electrons. The van der Waals surface area contributed by atoms with Gasteiger partial charge in [-0.3, -0.25) is 9.78 Å². The van der Waals surface area contributed by atoms with E-state index in [-0.39, 0.29) is 31.6 Å². The first-order valence-corrected chi connectivity index (χ1v) is 7.49. The molecule has 0 unspecified atom stereocenters. The molecule has 0 aliphatic rings. The molecule has 6 heteroatoms. The summed E-state index contributed by atoms with van der Waals surface area (Å²) in [6.45, 7) is 2.85. The fourth-order valence-electron chi connectivity index (χ4n) is 1.82. The van der Waals surface area contributed by atoms with Gasteiger partial charge in [0.1, 0.15) is 0 Å². The maximum atomic E-state index is 10.0. The molecule has 0 bridgehead atoms. The van der Waals surface area contributed by atoms with Gasteiger partial charge >= 0.3 is 0 Å². The summed E-state index contributed by atoms with van der Waals surface area (Å²) in [7, 11) is 0. The number of benzene rings is 1. The smallest absolute Gasteiger partial charge is 0.155 e. The predicted molar refractivity (Wildman–Crippen MR) is 88.8 cm³/mol. The Morgan fingerprint density at radius 2 is 2.04 bits per heavy atom. The van der Waals surface area contributed by atoms with E-state index in [4.69, 9.17) is 5.11 Å². The first-order chi connectivity index (χ1) is 10.6. The van der Waals surface area contributed by atoms with E-state index < -0.39 is 0 Å². The number of aliphatic hydroxyl groups is 1. The zero-order chi connectivity index (χ0) is 15.9. The van der Waals surface area contributed by atoms with E-state index in [9.17, 15) is 4.79 Å². The SMILES string of the molecule is CC(=O)C=C(C)O.[Ir].[c-]1ccccc1-c1nccc2scnc12.